The number of imidazole rings is 1. The van der Waals surface area contributed by atoms with Crippen molar-refractivity contribution in [2.45, 2.75) is 0 Å². The molecule has 0 spiro atoms. The summed E-state index contributed by atoms with van der Waals surface area (Å²) in [4.78, 5) is 6.37. The van der Waals surface area contributed by atoms with E-state index in [2.05, 4.69) is 11.1 Å². The molecule has 0 aliphatic carbocycles. The molecule has 2 aromatic heterocycles. The lowest BCUT2D eigenvalue weighted by Gasteiger charge is -1.95. The molecule has 0 unspecified atom stereocenters. The minimum absolute atomic E-state index is 0.685. The number of hydrogen-bond acceptors (Lipinski definition) is 3. The van der Waals surface area contributed by atoms with Gasteiger partial charge in [0.15, 0.2) is 4.96 Å². The molecule has 4 heteroatoms. The molecule has 0 bridgehead atoms. The first-order valence-electron chi connectivity index (χ1n) is 4.80. The number of nitriles is 1. The van der Waals surface area contributed by atoms with Crippen LogP contribution < -0.4 is 0 Å². The van der Waals surface area contributed by atoms with Crippen LogP contribution in [-0.2, 0) is 0 Å². The van der Waals surface area contributed by atoms with Crippen LogP contribution in [0, 0.1) is 11.3 Å². The molecule has 0 radical (unpaired) electrons. The first kappa shape index (κ1) is 9.13. The summed E-state index contributed by atoms with van der Waals surface area (Å²) in [5.74, 6) is 0. The average molecular weight is 225 g/mol. The summed E-state index contributed by atoms with van der Waals surface area (Å²) in [7, 11) is 0. The maximum Gasteiger partial charge on any atom is 0.194 e. The van der Waals surface area contributed by atoms with Gasteiger partial charge in [-0.2, -0.15) is 5.26 Å². The predicted octanol–water partition coefficient (Wildman–Crippen LogP) is 2.93. The van der Waals surface area contributed by atoms with E-state index < -0.39 is 0 Å². The Bertz CT molecular complexity index is 642. The predicted molar refractivity (Wildman–Crippen MR) is 63.2 cm³/mol. The van der Waals surface area contributed by atoms with Crippen molar-refractivity contribution < 1.29 is 0 Å². The molecule has 0 aliphatic rings. The highest BCUT2D eigenvalue weighted by Gasteiger charge is 2.04. The fourth-order valence-electron chi connectivity index (χ4n) is 1.57. The molecule has 0 saturated heterocycles. The number of thiazole rings is 1. The zero-order valence-corrected chi connectivity index (χ0v) is 9.11. The minimum Gasteiger partial charge on any atom is -0.297 e. The zero-order valence-electron chi connectivity index (χ0n) is 8.29. The molecule has 16 heavy (non-hydrogen) atoms. The number of nitrogens with zero attached hydrogens (tertiary/aromatic N) is 3. The lowest BCUT2D eigenvalue weighted by Crippen LogP contribution is -1.75. The van der Waals surface area contributed by atoms with Crippen LogP contribution in [0.4, 0.5) is 0 Å². The summed E-state index contributed by atoms with van der Waals surface area (Å²) in [5.41, 5.74) is 1.81. The third kappa shape index (κ3) is 1.38. The molecule has 3 rings (SSSR count). The number of hydrogen-bond donors (Lipinski definition) is 0. The maximum absolute atomic E-state index is 8.72. The number of rotatable bonds is 1. The topological polar surface area (TPSA) is 41.1 Å². The van der Waals surface area contributed by atoms with E-state index in [0.717, 1.165) is 15.4 Å². The van der Waals surface area contributed by atoms with E-state index in [9.17, 15) is 0 Å². The highest BCUT2D eigenvalue weighted by Crippen LogP contribution is 2.27. The summed E-state index contributed by atoms with van der Waals surface area (Å²) in [5, 5.41) is 8.72. The summed E-state index contributed by atoms with van der Waals surface area (Å²) >= 11 is 1.64. The normalized spacial score (nSPS) is 10.4. The third-order valence-electron chi connectivity index (χ3n) is 2.39. The molecule has 76 valence electrons. The fraction of sp³-hybridized carbons (Fsp3) is 0. The van der Waals surface area contributed by atoms with E-state index in [4.69, 9.17) is 5.26 Å². The molecule has 0 fully saturated rings. The first-order valence-corrected chi connectivity index (χ1v) is 5.61. The van der Waals surface area contributed by atoms with Crippen LogP contribution in [0.1, 0.15) is 5.56 Å². The van der Waals surface area contributed by atoms with Crippen LogP contribution in [-0.4, -0.2) is 9.38 Å². The quantitative estimate of drug-likeness (QED) is 0.639. The summed E-state index contributed by atoms with van der Waals surface area (Å²) < 4.78 is 2.00. The molecular weight excluding hydrogens is 218 g/mol. The van der Waals surface area contributed by atoms with Gasteiger partial charge in [0.25, 0.3) is 0 Å². The second-order valence-electron chi connectivity index (χ2n) is 3.40. The van der Waals surface area contributed by atoms with Gasteiger partial charge >= 0.3 is 0 Å². The van der Waals surface area contributed by atoms with Gasteiger partial charge in [0.05, 0.1) is 16.5 Å². The number of benzene rings is 1. The molecule has 0 amide bonds. The second-order valence-corrected chi connectivity index (χ2v) is 4.41. The molecule has 1 aromatic carbocycles. The van der Waals surface area contributed by atoms with E-state index in [1.165, 1.54) is 0 Å². The van der Waals surface area contributed by atoms with Crippen molar-refractivity contribution in [3.05, 3.63) is 48.4 Å². The Kier molecular flexibility index (Phi) is 1.98. The van der Waals surface area contributed by atoms with E-state index in [0.29, 0.717) is 5.56 Å². The Labute approximate surface area is 96.2 Å². The Balaban J connectivity index is 2.09. The maximum atomic E-state index is 8.72. The zero-order chi connectivity index (χ0) is 11.0. The van der Waals surface area contributed by atoms with Gasteiger partial charge < -0.3 is 0 Å². The minimum atomic E-state index is 0.685. The highest BCUT2D eigenvalue weighted by molar-refractivity contribution is 7.20. The van der Waals surface area contributed by atoms with Crippen LogP contribution in [0.25, 0.3) is 15.4 Å². The van der Waals surface area contributed by atoms with E-state index >= 15 is 0 Å². The van der Waals surface area contributed by atoms with Crippen LogP contribution in [0.3, 0.4) is 0 Å². The Morgan fingerprint density at radius 2 is 2.06 bits per heavy atom. The second kappa shape index (κ2) is 3.47. The van der Waals surface area contributed by atoms with Crippen LogP contribution in [0.2, 0.25) is 0 Å². The fourth-order valence-corrected chi connectivity index (χ4v) is 2.52. The Morgan fingerprint density at radius 1 is 1.25 bits per heavy atom. The number of fused-ring (bicyclic) bond motifs is 1. The molecule has 0 N–H and O–H groups in total. The largest absolute Gasteiger partial charge is 0.297 e. The van der Waals surface area contributed by atoms with E-state index in [1.54, 1.807) is 17.5 Å². The molecular formula is C12H7N3S. The molecule has 0 atom stereocenters. The third-order valence-corrected chi connectivity index (χ3v) is 3.45. The van der Waals surface area contributed by atoms with Gasteiger partial charge in [-0.25, -0.2) is 4.98 Å². The molecule has 0 aliphatic heterocycles. The molecule has 0 saturated carbocycles. The van der Waals surface area contributed by atoms with Crippen molar-refractivity contribution in [1.82, 2.24) is 9.38 Å². The smallest absolute Gasteiger partial charge is 0.194 e. The van der Waals surface area contributed by atoms with Crippen LogP contribution in [0.5, 0.6) is 0 Å². The lowest BCUT2D eigenvalue weighted by molar-refractivity contribution is 1.23. The summed E-state index contributed by atoms with van der Waals surface area (Å²) in [6.45, 7) is 0. The molecule has 3 nitrogen and oxygen atoms in total. The molecule has 2 heterocycles. The molecule has 3 aromatic rings. The van der Waals surface area contributed by atoms with Gasteiger partial charge in [-0.15, -0.1) is 0 Å². The summed E-state index contributed by atoms with van der Waals surface area (Å²) in [6, 6.07) is 9.70. The SMILES string of the molecule is N#Cc1ccc(-c2cn3ccnc3s2)cc1. The van der Waals surface area contributed by atoms with Crippen LogP contribution in [0.15, 0.2) is 42.9 Å². The van der Waals surface area contributed by atoms with Crippen molar-refractivity contribution in [2.24, 2.45) is 0 Å². The van der Waals surface area contributed by atoms with Crippen molar-refractivity contribution >= 4 is 16.3 Å². The van der Waals surface area contributed by atoms with E-state index in [-0.39, 0.29) is 0 Å². The van der Waals surface area contributed by atoms with Gasteiger partial charge in [-0.05, 0) is 17.7 Å². The van der Waals surface area contributed by atoms with Gasteiger partial charge in [0.2, 0.25) is 0 Å². The highest BCUT2D eigenvalue weighted by atomic mass is 32.1. The van der Waals surface area contributed by atoms with Gasteiger partial charge in [0, 0.05) is 18.6 Å². The van der Waals surface area contributed by atoms with Crippen LogP contribution >= 0.6 is 11.3 Å². The standard InChI is InChI=1S/C12H7N3S/c13-7-9-1-3-10(4-2-9)11-8-15-6-5-14-12(15)16-11/h1-6,8H. The van der Waals surface area contributed by atoms with Gasteiger partial charge in [-0.3, -0.25) is 4.40 Å². The monoisotopic (exact) mass is 225 g/mol. The van der Waals surface area contributed by atoms with Crippen molar-refractivity contribution in [3.63, 3.8) is 0 Å². The summed E-state index contributed by atoms with van der Waals surface area (Å²) in [6.07, 6.45) is 5.77. The van der Waals surface area contributed by atoms with E-state index in [1.807, 2.05) is 41.1 Å². The lowest BCUT2D eigenvalue weighted by atomic mass is 10.1. The Morgan fingerprint density at radius 3 is 2.75 bits per heavy atom. The van der Waals surface area contributed by atoms with Crippen molar-refractivity contribution in [3.8, 4) is 16.5 Å². The first-order chi connectivity index (χ1) is 7.86. The Hall–Kier alpha value is -2.12. The van der Waals surface area contributed by atoms with Gasteiger partial charge in [-0.1, -0.05) is 23.5 Å². The van der Waals surface area contributed by atoms with Crippen molar-refractivity contribution in [2.75, 3.05) is 0 Å². The van der Waals surface area contributed by atoms with Crippen molar-refractivity contribution in [1.29, 1.82) is 5.26 Å². The average Bonchev–Trinajstić information content (AvgIpc) is 2.89. The number of aromatic nitrogens is 2. The van der Waals surface area contributed by atoms with Gasteiger partial charge in [0.1, 0.15) is 0 Å².